The van der Waals surface area contributed by atoms with Crippen molar-refractivity contribution in [2.24, 2.45) is 11.7 Å². The molecule has 486 valence electrons. The molecular weight excluding hydrogens is 1190 g/mol. The third-order valence-electron chi connectivity index (χ3n) is 17.1. The molecule has 1 saturated carbocycles. The van der Waals surface area contributed by atoms with Gasteiger partial charge in [0, 0.05) is 81.5 Å². The number of hydrogen-bond acceptors (Lipinski definition) is 21. The van der Waals surface area contributed by atoms with Crippen LogP contribution in [0.2, 0.25) is 0 Å². The van der Waals surface area contributed by atoms with Crippen LogP contribution in [0.15, 0.2) is 66.7 Å². The van der Waals surface area contributed by atoms with Gasteiger partial charge in [-0.25, -0.2) is 0 Å². The predicted molar refractivity (Wildman–Crippen MR) is 313 cm³/mol. The minimum Gasteiger partial charge on any atom is -0.504 e. The van der Waals surface area contributed by atoms with Gasteiger partial charge in [-0.15, -0.1) is 0 Å². The first kappa shape index (κ1) is 67.2. The Hall–Kier alpha value is -7.75. The first-order chi connectivity index (χ1) is 42.1. The van der Waals surface area contributed by atoms with Gasteiger partial charge in [-0.2, -0.15) is 8.42 Å². The lowest BCUT2D eigenvalue weighted by atomic mass is 9.84. The molecule has 14 atom stereocenters. The molecule has 4 saturated heterocycles. The van der Waals surface area contributed by atoms with Crippen molar-refractivity contribution >= 4 is 69.0 Å². The molecule has 30 nitrogen and oxygen atoms in total. The zero-order valence-corrected chi connectivity index (χ0v) is 49.7. The molecule has 8 amide bonds. The summed E-state index contributed by atoms with van der Waals surface area (Å²) >= 11 is 0. The Kier molecular flexibility index (Phi) is 21.8. The maximum Gasteiger partial charge on any atom is 0.446 e. The highest BCUT2D eigenvalue weighted by Crippen LogP contribution is 2.35. The van der Waals surface area contributed by atoms with Crippen molar-refractivity contribution in [3.63, 3.8) is 0 Å². The molecule has 4 heterocycles. The number of benzene rings is 3. The molecule has 16 N–H and O–H groups in total. The van der Waals surface area contributed by atoms with Crippen molar-refractivity contribution in [1.29, 1.82) is 0 Å². The van der Waals surface area contributed by atoms with Crippen LogP contribution in [0.4, 0.5) is 11.4 Å². The summed E-state index contributed by atoms with van der Waals surface area (Å²) in [5.74, 6) is -12.3. The Balaban J connectivity index is 1.07. The first-order valence-electron chi connectivity index (χ1n) is 29.4. The van der Waals surface area contributed by atoms with E-state index in [0.29, 0.717) is 30.0 Å². The van der Waals surface area contributed by atoms with Gasteiger partial charge in [0.05, 0.1) is 36.9 Å². The quantitative estimate of drug-likeness (QED) is 0.0690. The molecule has 89 heavy (non-hydrogen) atoms. The molecule has 8 rings (SSSR count). The number of aromatic hydroxyl groups is 1. The monoisotopic (exact) mass is 1270 g/mol. The van der Waals surface area contributed by atoms with Gasteiger partial charge >= 0.3 is 10.4 Å². The molecule has 1 aliphatic carbocycles. The molecule has 5 fully saturated rings. The lowest BCUT2D eigenvalue weighted by molar-refractivity contribution is -0.148. The van der Waals surface area contributed by atoms with E-state index in [-0.39, 0.29) is 5.56 Å². The van der Waals surface area contributed by atoms with Crippen LogP contribution >= 0.6 is 0 Å². The Morgan fingerprint density at radius 1 is 0.719 bits per heavy atom. The van der Waals surface area contributed by atoms with Crippen LogP contribution in [-0.4, -0.2) is 230 Å². The Morgan fingerprint density at radius 2 is 1.30 bits per heavy atom. The third-order valence-corrected chi connectivity index (χ3v) is 17.5. The summed E-state index contributed by atoms with van der Waals surface area (Å²) in [5.41, 5.74) is 8.17. The zero-order valence-electron chi connectivity index (χ0n) is 48.9. The van der Waals surface area contributed by atoms with Gasteiger partial charge in [-0.3, -0.25) is 42.9 Å². The van der Waals surface area contributed by atoms with E-state index in [0.717, 1.165) is 48.4 Å². The van der Waals surface area contributed by atoms with E-state index in [1.54, 1.807) is 12.1 Å². The van der Waals surface area contributed by atoms with E-state index >= 15 is 0 Å². The number of nitrogens with zero attached hydrogens (tertiary/aromatic N) is 4. The summed E-state index contributed by atoms with van der Waals surface area (Å²) in [6, 6.07) is 5.12. The highest BCUT2D eigenvalue weighted by atomic mass is 32.3. The molecule has 0 aromatic heterocycles. The average Bonchev–Trinajstić information content (AvgIpc) is 2.60. The standard InChI is InChI=1S/C58H78N10O20S/c1-29-27-68-48(49(29)75)56(82)60-26-37(70)23-39(61-52(78)33-10-15-36(16-11-33)66-20-18-65(19-21-66)35-13-8-32(9-14-35)31-6-4-3-5-7-31)53(79)62-45(30(2)69)57(83)67-28-38(71)24-40(67)54(80)64-47(55(81)63-46(58(68)84)42(73)25-44(59)74)51(77)50(76)34-12-17-41(72)43(22-34)88-89(85,86)87/h8-17,22,29-31,37-40,42,45-51,69-73,75-77H,3-7,18-21,23-28H2,1-2H3,(H2,59,74)(H,60,82)(H,61,78)(H,62,79)(H,63,81)(H,64,80)(H,85,86,87)/t29-,30+,37-,38+,39-,40?,42+,45?,46?,47?,48?,49-,50-,51-/m0/s1. The number of carbonyl (C=O) groups excluding carboxylic acids is 8. The number of fused-ring (bicyclic) bond motifs is 2. The lowest BCUT2D eigenvalue weighted by Crippen LogP contribution is -2.64. The highest BCUT2D eigenvalue weighted by Gasteiger charge is 2.50. The number of phenols is 1. The summed E-state index contributed by atoms with van der Waals surface area (Å²) in [7, 11) is -5.33. The van der Waals surface area contributed by atoms with Crippen LogP contribution in [0.25, 0.3) is 0 Å². The molecular formula is C58H78N10O20S. The van der Waals surface area contributed by atoms with Gasteiger partial charge < -0.3 is 97.0 Å². The summed E-state index contributed by atoms with van der Waals surface area (Å²) in [6.45, 7) is 3.44. The average molecular weight is 1270 g/mol. The predicted octanol–water partition coefficient (Wildman–Crippen LogP) is -3.74. The molecule has 5 unspecified atom stereocenters. The molecule has 0 bridgehead atoms. The number of piperazine rings is 1. The summed E-state index contributed by atoms with van der Waals surface area (Å²) in [4.78, 5) is 119. The summed E-state index contributed by atoms with van der Waals surface area (Å²) in [6.07, 6.45) is -10.3. The number of hydrogen-bond donors (Lipinski definition) is 15. The second kappa shape index (κ2) is 28.8. The van der Waals surface area contributed by atoms with Crippen LogP contribution in [0, 0.1) is 5.92 Å². The number of rotatable bonds is 14. The molecule has 0 spiro atoms. The topological polar surface area (TPSA) is 461 Å². The second-order valence-corrected chi connectivity index (χ2v) is 24.5. The van der Waals surface area contributed by atoms with Gasteiger partial charge in [0.15, 0.2) is 11.5 Å². The van der Waals surface area contributed by atoms with Crippen LogP contribution in [-0.2, 0) is 44.0 Å². The maximum atomic E-state index is 14.7. The van der Waals surface area contributed by atoms with E-state index in [1.165, 1.54) is 56.7 Å². The lowest BCUT2D eigenvalue weighted by Gasteiger charge is -2.37. The van der Waals surface area contributed by atoms with Crippen molar-refractivity contribution in [2.75, 3.05) is 55.6 Å². The van der Waals surface area contributed by atoms with Crippen molar-refractivity contribution < 1.29 is 96.4 Å². The van der Waals surface area contributed by atoms with Gasteiger partial charge in [-0.05, 0) is 85.3 Å². The van der Waals surface area contributed by atoms with Crippen LogP contribution < -0.4 is 46.3 Å². The third kappa shape index (κ3) is 16.4. The van der Waals surface area contributed by atoms with Gasteiger partial charge in [0.25, 0.3) is 5.91 Å². The van der Waals surface area contributed by atoms with E-state index in [9.17, 15) is 92.2 Å². The Bertz CT molecular complexity index is 3180. The summed E-state index contributed by atoms with van der Waals surface area (Å²) in [5, 5.41) is 102. The minimum absolute atomic E-state index is 0.0581. The number of anilines is 2. The van der Waals surface area contributed by atoms with Crippen LogP contribution in [0.3, 0.4) is 0 Å². The number of phenolic OH excluding ortho intramolecular Hbond substituents is 1. The zero-order chi connectivity index (χ0) is 64.8. The Labute approximate surface area is 512 Å². The maximum absolute atomic E-state index is 14.7. The fourth-order valence-corrected chi connectivity index (χ4v) is 12.5. The number of β-amino-alcohol motifs (C(OH)–C–C–N with tert-alkyl or cyclic N) is 1. The highest BCUT2D eigenvalue weighted by molar-refractivity contribution is 7.81. The molecule has 4 aliphatic heterocycles. The number of aliphatic hydroxyl groups is 7. The fourth-order valence-electron chi connectivity index (χ4n) is 12.2. The van der Waals surface area contributed by atoms with Crippen LogP contribution in [0.5, 0.6) is 11.5 Å². The van der Waals surface area contributed by atoms with Crippen molar-refractivity contribution in [3.8, 4) is 11.5 Å². The van der Waals surface area contributed by atoms with Gasteiger partial charge in [0.1, 0.15) is 48.5 Å². The number of primary amides is 1. The Morgan fingerprint density at radius 3 is 1.90 bits per heavy atom. The number of aliphatic hydroxyl groups excluding tert-OH is 7. The largest absolute Gasteiger partial charge is 0.504 e. The number of amides is 8. The van der Waals surface area contributed by atoms with E-state index in [4.69, 9.17) is 5.73 Å². The number of nitrogens with one attached hydrogen (secondary N) is 5. The van der Waals surface area contributed by atoms with Crippen molar-refractivity contribution in [1.82, 2.24) is 36.4 Å². The molecule has 3 aromatic rings. The molecule has 31 heteroatoms. The molecule has 5 aliphatic rings. The van der Waals surface area contributed by atoms with E-state index in [2.05, 4.69) is 64.8 Å². The fraction of sp³-hybridized carbons (Fsp3) is 0.552. The number of carbonyl (C=O) groups is 8. The van der Waals surface area contributed by atoms with Gasteiger partial charge in [-0.1, -0.05) is 44.4 Å². The van der Waals surface area contributed by atoms with Crippen LogP contribution in [0.1, 0.15) is 98.7 Å². The SMILES string of the molecule is C[C@@H](O)C1NC(=O)[C@@H](NC(=O)c2ccc(N3CCN(c4ccc(C5CCCCC5)cc4)CC3)cc2)C[C@H](O)CNC(=O)C2[C@@H](O)[C@@H](C)CN2C(=O)C([C@H](O)CC(N)=O)NC(=O)C([C@H](O)[C@@H](O)c2ccc(O)c(OS(=O)(=O)O)c2)NC(=O)C2C[C@@H](O)CN2C1=O. The smallest absolute Gasteiger partial charge is 0.446 e. The van der Waals surface area contributed by atoms with Crippen molar-refractivity contribution in [2.45, 2.75) is 150 Å². The minimum atomic E-state index is -5.33. The second-order valence-electron chi connectivity index (χ2n) is 23.5. The summed E-state index contributed by atoms with van der Waals surface area (Å²) < 4.78 is 36.8. The van der Waals surface area contributed by atoms with E-state index < -0.39 is 199 Å². The molecule has 3 aromatic carbocycles. The number of nitrogens with two attached hydrogens (primary N) is 1. The normalized spacial score (nSPS) is 28.0. The van der Waals surface area contributed by atoms with E-state index in [1.807, 2.05) is 0 Å². The molecule has 0 radical (unpaired) electrons. The van der Waals surface area contributed by atoms with Gasteiger partial charge in [0.2, 0.25) is 41.4 Å². The first-order valence-corrected chi connectivity index (χ1v) is 30.8. The van der Waals surface area contributed by atoms with Crippen molar-refractivity contribution in [3.05, 3.63) is 83.4 Å².